The first kappa shape index (κ1) is 24.6. The molecular weight excluding hydrogens is 388 g/mol. The highest BCUT2D eigenvalue weighted by molar-refractivity contribution is 6.00. The number of hydrogen-bond acceptors (Lipinski definition) is 4. The van der Waals surface area contributed by atoms with Crippen LogP contribution in [0.5, 0.6) is 5.75 Å². The van der Waals surface area contributed by atoms with E-state index in [4.69, 9.17) is 9.47 Å². The Balaban J connectivity index is 1.84. The number of rotatable bonds is 14. The first-order valence-corrected chi connectivity index (χ1v) is 11.6. The maximum Gasteiger partial charge on any atom is 0.306 e. The van der Waals surface area contributed by atoms with E-state index in [1.54, 1.807) is 19.1 Å². The number of ketones is 1. The van der Waals surface area contributed by atoms with Crippen LogP contribution in [0, 0.1) is 0 Å². The minimum Gasteiger partial charge on any atom is -0.494 e. The van der Waals surface area contributed by atoms with Crippen LogP contribution < -0.4 is 4.74 Å². The quantitative estimate of drug-likeness (QED) is 0.186. The van der Waals surface area contributed by atoms with E-state index in [0.717, 1.165) is 29.9 Å². The first-order chi connectivity index (χ1) is 15.0. The predicted molar refractivity (Wildman–Crippen MR) is 126 cm³/mol. The van der Waals surface area contributed by atoms with Crippen molar-refractivity contribution in [3.8, 4) is 16.9 Å². The Hall–Kier alpha value is -2.62. The van der Waals surface area contributed by atoms with E-state index in [2.05, 4.69) is 6.92 Å². The van der Waals surface area contributed by atoms with E-state index >= 15 is 0 Å². The summed E-state index contributed by atoms with van der Waals surface area (Å²) in [4.78, 5) is 24.1. The second kappa shape index (κ2) is 13.6. The van der Waals surface area contributed by atoms with Crippen molar-refractivity contribution < 1.29 is 19.1 Å². The molecule has 0 aliphatic rings. The lowest BCUT2D eigenvalue weighted by molar-refractivity contribution is -0.146. The Labute approximate surface area is 187 Å². The number of ether oxygens (including phenoxy) is 2. The molecule has 0 heterocycles. The zero-order chi connectivity index (χ0) is 22.5. The van der Waals surface area contributed by atoms with Gasteiger partial charge in [0.05, 0.1) is 6.61 Å². The maximum absolute atomic E-state index is 12.5. The van der Waals surface area contributed by atoms with Crippen LogP contribution >= 0.6 is 0 Å². The Morgan fingerprint density at radius 1 is 0.774 bits per heavy atom. The van der Waals surface area contributed by atoms with Gasteiger partial charge in [-0.3, -0.25) is 9.59 Å². The van der Waals surface area contributed by atoms with Crippen LogP contribution in [0.25, 0.3) is 11.1 Å². The molecule has 0 bridgehead atoms. The molecule has 4 heteroatoms. The van der Waals surface area contributed by atoms with E-state index in [0.29, 0.717) is 18.4 Å². The normalized spacial score (nSPS) is 11.7. The highest BCUT2D eigenvalue weighted by atomic mass is 16.5. The molecule has 0 amide bonds. The smallest absolute Gasteiger partial charge is 0.306 e. The SMILES string of the molecule is CCCCCCCCOc1ccc(-c2ccc(C(=O)C(C)OC(=O)CCC)cc2)cc1. The van der Waals surface area contributed by atoms with Gasteiger partial charge in [-0.1, -0.05) is 82.3 Å². The van der Waals surface area contributed by atoms with Gasteiger partial charge in [-0.15, -0.1) is 0 Å². The Kier molecular flexibility index (Phi) is 10.8. The van der Waals surface area contributed by atoms with Gasteiger partial charge in [0.1, 0.15) is 5.75 Å². The fourth-order valence-electron chi connectivity index (χ4n) is 3.39. The topological polar surface area (TPSA) is 52.6 Å². The zero-order valence-electron chi connectivity index (χ0n) is 19.2. The monoisotopic (exact) mass is 424 g/mol. The van der Waals surface area contributed by atoms with Gasteiger partial charge in [0.25, 0.3) is 0 Å². The Morgan fingerprint density at radius 2 is 1.35 bits per heavy atom. The molecule has 0 saturated heterocycles. The van der Waals surface area contributed by atoms with Crippen molar-refractivity contribution in [2.45, 2.75) is 78.2 Å². The number of esters is 1. The van der Waals surface area contributed by atoms with Crippen LogP contribution in [0.15, 0.2) is 48.5 Å². The largest absolute Gasteiger partial charge is 0.494 e. The van der Waals surface area contributed by atoms with Crippen LogP contribution in [0.3, 0.4) is 0 Å². The molecule has 168 valence electrons. The summed E-state index contributed by atoms with van der Waals surface area (Å²) in [5.41, 5.74) is 2.63. The lowest BCUT2D eigenvalue weighted by Crippen LogP contribution is -2.24. The molecule has 0 saturated carbocycles. The molecule has 1 atom stereocenters. The van der Waals surface area contributed by atoms with Gasteiger partial charge >= 0.3 is 5.97 Å². The van der Waals surface area contributed by atoms with Crippen LogP contribution in [-0.2, 0) is 9.53 Å². The highest BCUT2D eigenvalue weighted by Crippen LogP contribution is 2.23. The number of unbranched alkanes of at least 4 members (excludes halogenated alkanes) is 5. The summed E-state index contributed by atoms with van der Waals surface area (Å²) in [6.07, 6.45) is 7.78. The van der Waals surface area contributed by atoms with Gasteiger partial charge in [0, 0.05) is 12.0 Å². The second-order valence-electron chi connectivity index (χ2n) is 7.96. The fourth-order valence-corrected chi connectivity index (χ4v) is 3.39. The van der Waals surface area contributed by atoms with E-state index < -0.39 is 6.10 Å². The third kappa shape index (κ3) is 8.56. The average molecular weight is 425 g/mol. The summed E-state index contributed by atoms with van der Waals surface area (Å²) >= 11 is 0. The Bertz CT molecular complexity index is 793. The molecule has 0 aliphatic carbocycles. The van der Waals surface area contributed by atoms with Gasteiger partial charge in [-0.05, 0) is 43.0 Å². The Morgan fingerprint density at radius 3 is 1.97 bits per heavy atom. The molecule has 4 nitrogen and oxygen atoms in total. The number of carbonyl (C=O) groups excluding carboxylic acids is 2. The first-order valence-electron chi connectivity index (χ1n) is 11.6. The molecule has 1 unspecified atom stereocenters. The molecule has 0 spiro atoms. The standard InChI is InChI=1S/C27H36O4/c1-4-6-7-8-9-10-20-30-25-18-16-23(17-19-25)22-12-14-24(15-13-22)27(29)21(3)31-26(28)11-5-2/h12-19,21H,4-11,20H2,1-3H3. The number of hydrogen-bond donors (Lipinski definition) is 0. The summed E-state index contributed by atoms with van der Waals surface area (Å²) in [6.45, 7) is 6.51. The lowest BCUT2D eigenvalue weighted by Gasteiger charge is -2.12. The fraction of sp³-hybridized carbons (Fsp3) is 0.481. The minimum atomic E-state index is -0.770. The van der Waals surface area contributed by atoms with Crippen molar-refractivity contribution in [2.75, 3.05) is 6.61 Å². The molecule has 0 fully saturated rings. The van der Waals surface area contributed by atoms with Gasteiger partial charge in [-0.2, -0.15) is 0 Å². The van der Waals surface area contributed by atoms with Crippen LogP contribution in [0.2, 0.25) is 0 Å². The van der Waals surface area contributed by atoms with Gasteiger partial charge in [0.15, 0.2) is 6.10 Å². The molecule has 2 aromatic carbocycles. The molecule has 0 radical (unpaired) electrons. The predicted octanol–water partition coefficient (Wildman–Crippen LogP) is 7.01. The van der Waals surface area contributed by atoms with Crippen molar-refractivity contribution in [3.63, 3.8) is 0 Å². The zero-order valence-corrected chi connectivity index (χ0v) is 19.2. The summed E-state index contributed by atoms with van der Waals surface area (Å²) < 4.78 is 11.0. The molecular formula is C27H36O4. The summed E-state index contributed by atoms with van der Waals surface area (Å²) in [7, 11) is 0. The molecule has 2 aromatic rings. The summed E-state index contributed by atoms with van der Waals surface area (Å²) in [5, 5.41) is 0. The highest BCUT2D eigenvalue weighted by Gasteiger charge is 2.19. The molecule has 0 N–H and O–H groups in total. The second-order valence-corrected chi connectivity index (χ2v) is 7.96. The molecule has 0 aromatic heterocycles. The summed E-state index contributed by atoms with van der Waals surface area (Å²) in [5.74, 6) is 0.361. The maximum atomic E-state index is 12.5. The minimum absolute atomic E-state index is 0.186. The molecule has 31 heavy (non-hydrogen) atoms. The number of carbonyl (C=O) groups is 2. The third-order valence-electron chi connectivity index (χ3n) is 5.26. The van der Waals surface area contributed by atoms with Crippen molar-refractivity contribution in [1.29, 1.82) is 0 Å². The average Bonchev–Trinajstić information content (AvgIpc) is 2.78. The molecule has 0 aliphatic heterocycles. The van der Waals surface area contributed by atoms with E-state index in [9.17, 15) is 9.59 Å². The van der Waals surface area contributed by atoms with Crippen molar-refractivity contribution in [1.82, 2.24) is 0 Å². The van der Waals surface area contributed by atoms with E-state index in [1.165, 1.54) is 32.1 Å². The number of Topliss-reactive ketones (excluding diaryl/α,β-unsaturated/α-hetero) is 1. The number of benzene rings is 2. The van der Waals surface area contributed by atoms with E-state index in [1.807, 2.05) is 43.3 Å². The van der Waals surface area contributed by atoms with Crippen molar-refractivity contribution in [2.24, 2.45) is 0 Å². The van der Waals surface area contributed by atoms with Gasteiger partial charge in [0.2, 0.25) is 5.78 Å². The lowest BCUT2D eigenvalue weighted by atomic mass is 10.0. The van der Waals surface area contributed by atoms with E-state index in [-0.39, 0.29) is 11.8 Å². The summed E-state index contributed by atoms with van der Waals surface area (Å²) in [6, 6.07) is 15.4. The van der Waals surface area contributed by atoms with Crippen molar-refractivity contribution in [3.05, 3.63) is 54.1 Å². The van der Waals surface area contributed by atoms with Crippen LogP contribution in [0.1, 0.15) is 82.5 Å². The van der Waals surface area contributed by atoms with Crippen LogP contribution in [-0.4, -0.2) is 24.5 Å². The third-order valence-corrected chi connectivity index (χ3v) is 5.26. The van der Waals surface area contributed by atoms with Crippen molar-refractivity contribution >= 4 is 11.8 Å². The van der Waals surface area contributed by atoms with Crippen LogP contribution in [0.4, 0.5) is 0 Å². The van der Waals surface area contributed by atoms with Gasteiger partial charge in [-0.25, -0.2) is 0 Å². The molecule has 2 rings (SSSR count). The van der Waals surface area contributed by atoms with Gasteiger partial charge < -0.3 is 9.47 Å².